The third-order valence-corrected chi connectivity index (χ3v) is 3.06. The Morgan fingerprint density at radius 2 is 2.00 bits per heavy atom. The van der Waals surface area contributed by atoms with Crippen molar-refractivity contribution in [2.24, 2.45) is 5.92 Å². The Morgan fingerprint density at radius 1 is 1.41 bits per heavy atom. The van der Waals surface area contributed by atoms with Crippen LogP contribution in [0.2, 0.25) is 0 Å². The van der Waals surface area contributed by atoms with Crippen LogP contribution in [0.1, 0.15) is 19.8 Å². The van der Waals surface area contributed by atoms with Crippen LogP contribution in [0.3, 0.4) is 0 Å². The summed E-state index contributed by atoms with van der Waals surface area (Å²) in [6.07, 6.45) is 1.99. The lowest BCUT2D eigenvalue weighted by atomic mass is 9.96. The Bertz CT molecular complexity index is 307. The second-order valence-electron chi connectivity index (χ2n) is 4.57. The largest absolute Gasteiger partial charge is 0.478 e. The molecule has 1 amide bonds. The first kappa shape index (κ1) is 13.7. The highest BCUT2D eigenvalue weighted by molar-refractivity contribution is 5.86. The van der Waals surface area contributed by atoms with E-state index in [0.717, 1.165) is 32.5 Å². The molecule has 1 fully saturated rings. The van der Waals surface area contributed by atoms with Crippen LogP contribution < -0.4 is 5.32 Å². The number of carbonyl (C=O) groups is 2. The molecular formula is C12H20N2O3. The zero-order valence-electron chi connectivity index (χ0n) is 10.2. The Balaban J connectivity index is 2.24. The molecule has 0 unspecified atom stereocenters. The third kappa shape index (κ3) is 4.99. The summed E-state index contributed by atoms with van der Waals surface area (Å²) in [5.74, 6) is -0.412. The summed E-state index contributed by atoms with van der Waals surface area (Å²) in [6, 6.07) is 0. The molecule has 0 aromatic rings. The molecule has 0 saturated carbocycles. The van der Waals surface area contributed by atoms with Gasteiger partial charge in [0.15, 0.2) is 0 Å². The summed E-state index contributed by atoms with van der Waals surface area (Å²) in [5, 5.41) is 11.6. The normalized spacial score (nSPS) is 17.7. The van der Waals surface area contributed by atoms with E-state index in [1.54, 1.807) is 0 Å². The van der Waals surface area contributed by atoms with Gasteiger partial charge in [-0.25, -0.2) is 4.79 Å². The van der Waals surface area contributed by atoms with Gasteiger partial charge in [-0.05, 0) is 31.8 Å². The maximum Gasteiger partial charge on any atom is 0.332 e. The van der Waals surface area contributed by atoms with Crippen molar-refractivity contribution < 1.29 is 14.7 Å². The molecule has 96 valence electrons. The van der Waals surface area contributed by atoms with E-state index >= 15 is 0 Å². The Hall–Kier alpha value is -1.36. The van der Waals surface area contributed by atoms with Crippen molar-refractivity contribution >= 4 is 11.9 Å². The smallest absolute Gasteiger partial charge is 0.332 e. The van der Waals surface area contributed by atoms with Crippen molar-refractivity contribution in [2.75, 3.05) is 26.2 Å². The van der Waals surface area contributed by atoms with Gasteiger partial charge in [0, 0.05) is 25.6 Å². The second-order valence-corrected chi connectivity index (χ2v) is 4.57. The fourth-order valence-corrected chi connectivity index (χ4v) is 1.97. The number of hydrogen-bond acceptors (Lipinski definition) is 3. The molecule has 0 spiro atoms. The summed E-state index contributed by atoms with van der Waals surface area (Å²) < 4.78 is 0. The van der Waals surface area contributed by atoms with Crippen LogP contribution in [-0.2, 0) is 9.59 Å². The first-order valence-corrected chi connectivity index (χ1v) is 5.87. The fraction of sp³-hybridized carbons (Fsp3) is 0.667. The van der Waals surface area contributed by atoms with E-state index in [0.29, 0.717) is 12.5 Å². The maximum atomic E-state index is 10.8. The van der Waals surface area contributed by atoms with Crippen molar-refractivity contribution in [1.29, 1.82) is 0 Å². The molecule has 1 saturated heterocycles. The monoisotopic (exact) mass is 240 g/mol. The predicted molar refractivity (Wildman–Crippen MR) is 64.6 cm³/mol. The van der Waals surface area contributed by atoms with Crippen molar-refractivity contribution in [3.8, 4) is 0 Å². The highest BCUT2D eigenvalue weighted by atomic mass is 16.4. The van der Waals surface area contributed by atoms with Crippen LogP contribution in [0.5, 0.6) is 0 Å². The van der Waals surface area contributed by atoms with E-state index in [9.17, 15) is 9.59 Å². The first-order valence-electron chi connectivity index (χ1n) is 5.87. The Kier molecular flexibility index (Phi) is 5.15. The quantitative estimate of drug-likeness (QED) is 0.686. The highest BCUT2D eigenvalue weighted by Crippen LogP contribution is 2.17. The van der Waals surface area contributed by atoms with Gasteiger partial charge in [-0.15, -0.1) is 0 Å². The van der Waals surface area contributed by atoms with Crippen LogP contribution in [0.25, 0.3) is 0 Å². The van der Waals surface area contributed by atoms with E-state index < -0.39 is 5.97 Å². The van der Waals surface area contributed by atoms with E-state index in [-0.39, 0.29) is 11.5 Å². The van der Waals surface area contributed by atoms with Crippen molar-refractivity contribution in [1.82, 2.24) is 10.2 Å². The van der Waals surface area contributed by atoms with Gasteiger partial charge < -0.3 is 10.4 Å². The van der Waals surface area contributed by atoms with Crippen LogP contribution in [0, 0.1) is 5.92 Å². The minimum atomic E-state index is -0.926. The molecule has 0 bridgehead atoms. The van der Waals surface area contributed by atoms with Crippen LogP contribution in [-0.4, -0.2) is 48.1 Å². The molecule has 0 atom stereocenters. The number of likely N-dealkylation sites (tertiary alicyclic amines) is 1. The van der Waals surface area contributed by atoms with Gasteiger partial charge in [0.2, 0.25) is 5.91 Å². The fourth-order valence-electron chi connectivity index (χ4n) is 1.97. The summed E-state index contributed by atoms with van der Waals surface area (Å²) in [4.78, 5) is 23.5. The van der Waals surface area contributed by atoms with Gasteiger partial charge in [-0.3, -0.25) is 9.69 Å². The SMILES string of the molecule is C=C(CN1CCC(CNC(C)=O)CC1)C(=O)O. The number of carbonyl (C=O) groups excluding carboxylic acids is 1. The van der Waals surface area contributed by atoms with Gasteiger partial charge in [-0.2, -0.15) is 0 Å². The van der Waals surface area contributed by atoms with E-state index in [2.05, 4.69) is 16.8 Å². The molecule has 5 nitrogen and oxygen atoms in total. The molecule has 17 heavy (non-hydrogen) atoms. The van der Waals surface area contributed by atoms with E-state index in [1.807, 2.05) is 0 Å². The first-order chi connectivity index (χ1) is 7.99. The van der Waals surface area contributed by atoms with E-state index in [4.69, 9.17) is 5.11 Å². The lowest BCUT2D eigenvalue weighted by molar-refractivity contribution is -0.133. The lowest BCUT2D eigenvalue weighted by Crippen LogP contribution is -2.39. The number of rotatable bonds is 5. The van der Waals surface area contributed by atoms with Crippen LogP contribution in [0.4, 0.5) is 0 Å². The number of aliphatic carboxylic acids is 1. The number of nitrogens with zero attached hydrogens (tertiary/aromatic N) is 1. The summed E-state index contributed by atoms with van der Waals surface area (Å²) in [7, 11) is 0. The molecule has 0 aromatic heterocycles. The Morgan fingerprint density at radius 3 is 2.47 bits per heavy atom. The van der Waals surface area contributed by atoms with Crippen molar-refractivity contribution in [2.45, 2.75) is 19.8 Å². The van der Waals surface area contributed by atoms with Gasteiger partial charge in [0.05, 0.1) is 0 Å². The second kappa shape index (κ2) is 6.39. The Labute approximate surface area is 101 Å². The average molecular weight is 240 g/mol. The molecule has 1 rings (SSSR count). The van der Waals surface area contributed by atoms with Gasteiger partial charge in [-0.1, -0.05) is 6.58 Å². The van der Waals surface area contributed by atoms with Gasteiger partial charge in [0.25, 0.3) is 0 Å². The van der Waals surface area contributed by atoms with Crippen LogP contribution in [0.15, 0.2) is 12.2 Å². The molecule has 1 aliphatic heterocycles. The molecule has 0 aromatic carbocycles. The number of hydrogen-bond donors (Lipinski definition) is 2. The molecule has 1 aliphatic rings. The van der Waals surface area contributed by atoms with E-state index in [1.165, 1.54) is 6.92 Å². The number of carboxylic acid groups (broad SMARTS) is 1. The minimum Gasteiger partial charge on any atom is -0.478 e. The van der Waals surface area contributed by atoms with Crippen molar-refractivity contribution in [3.63, 3.8) is 0 Å². The zero-order valence-corrected chi connectivity index (χ0v) is 10.2. The van der Waals surface area contributed by atoms with Gasteiger partial charge in [0.1, 0.15) is 0 Å². The molecule has 0 aliphatic carbocycles. The topological polar surface area (TPSA) is 69.6 Å². The number of piperidine rings is 1. The third-order valence-electron chi connectivity index (χ3n) is 3.06. The molecule has 1 heterocycles. The average Bonchev–Trinajstić information content (AvgIpc) is 2.28. The predicted octanol–water partition coefficient (Wildman–Crippen LogP) is 0.475. The zero-order chi connectivity index (χ0) is 12.8. The molecule has 0 radical (unpaired) electrons. The standard InChI is InChI=1S/C12H20N2O3/c1-9(12(16)17)8-14-5-3-11(4-6-14)7-13-10(2)15/h11H,1,3-8H2,2H3,(H,13,15)(H,16,17). The molecule has 2 N–H and O–H groups in total. The highest BCUT2D eigenvalue weighted by Gasteiger charge is 2.20. The molecule has 5 heteroatoms. The van der Waals surface area contributed by atoms with Crippen LogP contribution >= 0.6 is 0 Å². The number of carboxylic acids is 1. The summed E-state index contributed by atoms with van der Waals surface area (Å²) >= 11 is 0. The lowest BCUT2D eigenvalue weighted by Gasteiger charge is -2.31. The molecular weight excluding hydrogens is 220 g/mol. The summed E-state index contributed by atoms with van der Waals surface area (Å²) in [5.41, 5.74) is 0.241. The van der Waals surface area contributed by atoms with Gasteiger partial charge >= 0.3 is 5.97 Å². The van der Waals surface area contributed by atoms with Crippen molar-refractivity contribution in [3.05, 3.63) is 12.2 Å². The minimum absolute atomic E-state index is 0.00619. The maximum absolute atomic E-state index is 10.8. The number of amides is 1. The summed E-state index contributed by atoms with van der Waals surface area (Å²) in [6.45, 7) is 7.95. The number of nitrogens with one attached hydrogen (secondary N) is 1.